The van der Waals surface area contributed by atoms with E-state index in [2.05, 4.69) is 11.4 Å². The predicted octanol–water partition coefficient (Wildman–Crippen LogP) is 3.93. The Hall–Kier alpha value is -2.82. The Balaban J connectivity index is 2.16. The molecule has 0 aromatic heterocycles. The van der Waals surface area contributed by atoms with E-state index >= 15 is 0 Å². The largest absolute Gasteiger partial charge is 0.483 e. The van der Waals surface area contributed by atoms with Gasteiger partial charge < -0.3 is 15.0 Å². The third-order valence-electron chi connectivity index (χ3n) is 5.03. The van der Waals surface area contributed by atoms with E-state index in [0.717, 1.165) is 28.7 Å². The van der Waals surface area contributed by atoms with Gasteiger partial charge in [0.05, 0.1) is 0 Å². The van der Waals surface area contributed by atoms with Crippen molar-refractivity contribution in [2.24, 2.45) is 0 Å². The fourth-order valence-electron chi connectivity index (χ4n) is 3.13. The lowest BCUT2D eigenvalue weighted by atomic mass is 10.1. The summed E-state index contributed by atoms with van der Waals surface area (Å²) < 4.78 is 5.87. The molecular formula is C24H32N2O3. The molecule has 2 rings (SSSR count). The van der Waals surface area contributed by atoms with Gasteiger partial charge in [-0.25, -0.2) is 0 Å². The molecule has 2 amide bonds. The summed E-state index contributed by atoms with van der Waals surface area (Å²) in [6.45, 7) is 10.6. The molecule has 0 radical (unpaired) electrons. The van der Waals surface area contributed by atoms with E-state index in [1.54, 1.807) is 11.8 Å². The van der Waals surface area contributed by atoms with Gasteiger partial charge in [-0.15, -0.1) is 0 Å². The van der Waals surface area contributed by atoms with Gasteiger partial charge in [0.2, 0.25) is 5.91 Å². The summed E-state index contributed by atoms with van der Waals surface area (Å²) in [5.74, 6) is 0.337. The lowest BCUT2D eigenvalue weighted by Crippen LogP contribution is -2.49. The molecule has 0 aliphatic heterocycles. The van der Waals surface area contributed by atoms with Crippen molar-refractivity contribution < 1.29 is 14.3 Å². The second-order valence-corrected chi connectivity index (χ2v) is 7.47. The van der Waals surface area contributed by atoms with Gasteiger partial charge in [-0.05, 0) is 62.4 Å². The maximum Gasteiger partial charge on any atom is 0.261 e. The summed E-state index contributed by atoms with van der Waals surface area (Å²) in [5, 5.41) is 2.88. The van der Waals surface area contributed by atoms with Crippen LogP contribution >= 0.6 is 0 Å². The summed E-state index contributed by atoms with van der Waals surface area (Å²) in [4.78, 5) is 27.1. The van der Waals surface area contributed by atoms with E-state index in [0.29, 0.717) is 18.8 Å². The van der Waals surface area contributed by atoms with Crippen molar-refractivity contribution in [3.8, 4) is 5.75 Å². The van der Waals surface area contributed by atoms with Crippen LogP contribution < -0.4 is 10.1 Å². The molecule has 0 bridgehead atoms. The summed E-state index contributed by atoms with van der Waals surface area (Å²) in [5.41, 5.74) is 4.20. The molecule has 0 saturated carbocycles. The molecule has 0 aliphatic rings. The fourth-order valence-corrected chi connectivity index (χ4v) is 3.13. The molecule has 1 N–H and O–H groups in total. The van der Waals surface area contributed by atoms with Gasteiger partial charge in [-0.1, -0.05) is 43.3 Å². The van der Waals surface area contributed by atoms with E-state index in [1.807, 2.05) is 64.1 Å². The Morgan fingerprint density at radius 2 is 1.79 bits per heavy atom. The second kappa shape index (κ2) is 10.6. The first kappa shape index (κ1) is 22.5. The van der Waals surface area contributed by atoms with Crippen molar-refractivity contribution in [3.05, 3.63) is 64.7 Å². The lowest BCUT2D eigenvalue weighted by Gasteiger charge is -2.29. The molecule has 2 aromatic rings. The van der Waals surface area contributed by atoms with Gasteiger partial charge in [0.25, 0.3) is 5.91 Å². The fraction of sp³-hybridized carbons (Fsp3) is 0.417. The molecule has 1 atom stereocenters. The van der Waals surface area contributed by atoms with Crippen molar-refractivity contribution in [1.82, 2.24) is 10.2 Å². The number of carbonyl (C=O) groups excluding carboxylic acids is 2. The number of nitrogens with one attached hydrogen (secondary N) is 1. The highest BCUT2D eigenvalue weighted by Gasteiger charge is 2.26. The first-order valence-electron chi connectivity index (χ1n) is 10.1. The van der Waals surface area contributed by atoms with Crippen LogP contribution in [0.5, 0.6) is 5.75 Å². The highest BCUT2D eigenvalue weighted by Crippen LogP contribution is 2.23. The number of rotatable bonds is 9. The van der Waals surface area contributed by atoms with Gasteiger partial charge in [-0.2, -0.15) is 0 Å². The van der Waals surface area contributed by atoms with Gasteiger partial charge in [-0.3, -0.25) is 9.59 Å². The number of carbonyl (C=O) groups is 2. The minimum atomic E-state index is -0.585. The van der Waals surface area contributed by atoms with E-state index < -0.39 is 6.04 Å². The standard InChI is InChI=1S/C24H32N2O3/c1-6-12-25-24(28)20(5)26(15-21-10-8-7-9-11-21)23(27)16-29-22-14-17(2)13-18(3)19(22)4/h7-11,13-14,20H,6,12,15-16H2,1-5H3,(H,25,28)/t20-/m1/s1. The molecule has 156 valence electrons. The zero-order valence-corrected chi connectivity index (χ0v) is 18.1. The molecule has 2 aromatic carbocycles. The predicted molar refractivity (Wildman–Crippen MR) is 116 cm³/mol. The highest BCUT2D eigenvalue weighted by atomic mass is 16.5. The monoisotopic (exact) mass is 396 g/mol. The van der Waals surface area contributed by atoms with Crippen LogP contribution in [-0.2, 0) is 16.1 Å². The maximum absolute atomic E-state index is 13.0. The van der Waals surface area contributed by atoms with Crippen LogP contribution in [0.3, 0.4) is 0 Å². The molecule has 0 spiro atoms. The first-order valence-corrected chi connectivity index (χ1v) is 10.1. The third-order valence-corrected chi connectivity index (χ3v) is 5.03. The Morgan fingerprint density at radius 1 is 1.10 bits per heavy atom. The van der Waals surface area contributed by atoms with Gasteiger partial charge >= 0.3 is 0 Å². The minimum absolute atomic E-state index is 0.109. The zero-order valence-electron chi connectivity index (χ0n) is 18.1. The normalized spacial score (nSPS) is 11.6. The number of hydrogen-bond donors (Lipinski definition) is 1. The average Bonchev–Trinajstić information content (AvgIpc) is 2.71. The SMILES string of the molecule is CCCNC(=O)[C@@H](C)N(Cc1ccccc1)C(=O)COc1cc(C)cc(C)c1C. The van der Waals surface area contributed by atoms with E-state index in [4.69, 9.17) is 4.74 Å². The van der Waals surface area contributed by atoms with Gasteiger partial charge in [0.15, 0.2) is 6.61 Å². The maximum atomic E-state index is 13.0. The highest BCUT2D eigenvalue weighted by molar-refractivity contribution is 5.88. The average molecular weight is 397 g/mol. The van der Waals surface area contributed by atoms with Crippen LogP contribution in [-0.4, -0.2) is 35.9 Å². The van der Waals surface area contributed by atoms with Crippen LogP contribution in [0.15, 0.2) is 42.5 Å². The van der Waals surface area contributed by atoms with E-state index in [9.17, 15) is 9.59 Å². The zero-order chi connectivity index (χ0) is 21.4. The van der Waals surface area contributed by atoms with Crippen LogP contribution in [0.25, 0.3) is 0 Å². The van der Waals surface area contributed by atoms with Crippen LogP contribution in [0.4, 0.5) is 0 Å². The molecule has 0 heterocycles. The number of ether oxygens (including phenoxy) is 1. The van der Waals surface area contributed by atoms with Crippen molar-refractivity contribution >= 4 is 11.8 Å². The van der Waals surface area contributed by atoms with E-state index in [1.165, 1.54) is 0 Å². The first-order chi connectivity index (χ1) is 13.8. The summed E-state index contributed by atoms with van der Waals surface area (Å²) in [7, 11) is 0. The van der Waals surface area contributed by atoms with Crippen molar-refractivity contribution in [1.29, 1.82) is 0 Å². The molecule has 0 aliphatic carbocycles. The molecule has 0 unspecified atom stereocenters. The summed E-state index contributed by atoms with van der Waals surface area (Å²) >= 11 is 0. The number of aryl methyl sites for hydroxylation is 2. The molecule has 5 nitrogen and oxygen atoms in total. The Bertz CT molecular complexity index is 834. The van der Waals surface area contributed by atoms with Crippen molar-refractivity contribution in [2.75, 3.05) is 13.2 Å². The summed E-state index contributed by atoms with van der Waals surface area (Å²) in [6, 6.07) is 13.1. The second-order valence-electron chi connectivity index (χ2n) is 7.47. The van der Waals surface area contributed by atoms with E-state index in [-0.39, 0.29) is 18.4 Å². The number of amides is 2. The van der Waals surface area contributed by atoms with Crippen LogP contribution in [0.1, 0.15) is 42.5 Å². The topological polar surface area (TPSA) is 58.6 Å². The number of benzene rings is 2. The van der Waals surface area contributed by atoms with Gasteiger partial charge in [0.1, 0.15) is 11.8 Å². The van der Waals surface area contributed by atoms with Crippen LogP contribution in [0, 0.1) is 20.8 Å². The lowest BCUT2D eigenvalue weighted by molar-refractivity contribution is -0.142. The number of nitrogens with zero attached hydrogens (tertiary/aromatic N) is 1. The molecular weight excluding hydrogens is 364 g/mol. The Kier molecular flexibility index (Phi) is 8.25. The molecule has 5 heteroatoms. The van der Waals surface area contributed by atoms with Crippen molar-refractivity contribution in [2.45, 2.75) is 53.6 Å². The molecule has 29 heavy (non-hydrogen) atoms. The summed E-state index contributed by atoms with van der Waals surface area (Å²) in [6.07, 6.45) is 0.847. The number of hydrogen-bond acceptors (Lipinski definition) is 3. The minimum Gasteiger partial charge on any atom is -0.483 e. The van der Waals surface area contributed by atoms with Crippen molar-refractivity contribution in [3.63, 3.8) is 0 Å². The van der Waals surface area contributed by atoms with Crippen LogP contribution in [0.2, 0.25) is 0 Å². The Labute approximate surface area is 174 Å². The molecule has 0 fully saturated rings. The smallest absolute Gasteiger partial charge is 0.261 e. The van der Waals surface area contributed by atoms with Gasteiger partial charge in [0, 0.05) is 13.1 Å². The third kappa shape index (κ3) is 6.34. The quantitative estimate of drug-likeness (QED) is 0.699. The Morgan fingerprint density at radius 3 is 2.45 bits per heavy atom. The molecule has 0 saturated heterocycles.